The molecule has 118 valence electrons. The molecule has 0 spiro atoms. The van der Waals surface area contributed by atoms with E-state index in [1.165, 1.54) is 11.3 Å². The summed E-state index contributed by atoms with van der Waals surface area (Å²) < 4.78 is 0. The number of aliphatic hydroxyl groups excluding tert-OH is 1. The summed E-state index contributed by atoms with van der Waals surface area (Å²) in [7, 11) is 0. The number of rotatable bonds is 3. The minimum atomic E-state index is -0.0241. The second-order valence-electron chi connectivity index (χ2n) is 5.44. The number of hydrogen-bond acceptors (Lipinski definition) is 4. The van der Waals surface area contributed by atoms with E-state index in [0.717, 1.165) is 21.7 Å². The fraction of sp³-hybridized carbons (Fsp3) is 0.100. The van der Waals surface area contributed by atoms with Crippen LogP contribution in [0.15, 0.2) is 54.6 Å². The van der Waals surface area contributed by atoms with E-state index in [-0.39, 0.29) is 11.3 Å². The van der Waals surface area contributed by atoms with Crippen LogP contribution >= 0.6 is 11.3 Å². The molecule has 0 unspecified atom stereocenters. The number of aryl methyl sites for hydroxylation is 2. The number of thiazole rings is 1. The first-order chi connectivity index (χ1) is 11.6. The molecule has 0 aliphatic rings. The second-order valence-corrected chi connectivity index (χ2v) is 6.64. The van der Waals surface area contributed by atoms with Crippen molar-refractivity contribution in [1.29, 1.82) is 5.26 Å². The molecule has 3 nitrogen and oxygen atoms in total. The molecule has 4 heteroatoms. The van der Waals surface area contributed by atoms with Gasteiger partial charge in [-0.2, -0.15) is 5.26 Å². The third-order valence-corrected chi connectivity index (χ3v) is 4.79. The largest absolute Gasteiger partial charge is 0.506 e. The van der Waals surface area contributed by atoms with Crippen LogP contribution in [-0.4, -0.2) is 10.1 Å². The Bertz CT molecular complexity index is 949. The van der Waals surface area contributed by atoms with Gasteiger partial charge in [0, 0.05) is 16.0 Å². The van der Waals surface area contributed by atoms with Crippen LogP contribution in [0.1, 0.15) is 21.0 Å². The molecule has 3 rings (SSSR count). The van der Waals surface area contributed by atoms with E-state index in [9.17, 15) is 10.4 Å². The third-order valence-electron chi connectivity index (χ3n) is 3.81. The Morgan fingerprint density at radius 1 is 1.04 bits per heavy atom. The van der Waals surface area contributed by atoms with E-state index in [1.54, 1.807) is 6.07 Å². The van der Waals surface area contributed by atoms with E-state index >= 15 is 0 Å². The molecule has 3 aromatic rings. The van der Waals surface area contributed by atoms with Crippen molar-refractivity contribution in [2.75, 3.05) is 0 Å². The number of hydrogen-bond donors (Lipinski definition) is 1. The van der Waals surface area contributed by atoms with Gasteiger partial charge in [0.1, 0.15) is 22.4 Å². The van der Waals surface area contributed by atoms with Crippen molar-refractivity contribution >= 4 is 22.7 Å². The fourth-order valence-corrected chi connectivity index (χ4v) is 3.47. The summed E-state index contributed by atoms with van der Waals surface area (Å²) in [6.45, 7) is 3.88. The smallest absolute Gasteiger partial charge is 0.143 e. The molecule has 0 aliphatic carbocycles. The highest BCUT2D eigenvalue weighted by atomic mass is 32.1. The summed E-state index contributed by atoms with van der Waals surface area (Å²) in [6, 6.07) is 19.4. The van der Waals surface area contributed by atoms with Gasteiger partial charge in [0.25, 0.3) is 0 Å². The predicted octanol–water partition coefficient (Wildman–Crippen LogP) is 5.38. The van der Waals surface area contributed by atoms with Crippen molar-refractivity contribution in [3.05, 3.63) is 75.6 Å². The van der Waals surface area contributed by atoms with E-state index in [2.05, 4.69) is 11.1 Å². The van der Waals surface area contributed by atoms with Crippen LogP contribution in [0.5, 0.6) is 0 Å². The molecule has 0 fully saturated rings. The van der Waals surface area contributed by atoms with Crippen molar-refractivity contribution in [2.24, 2.45) is 0 Å². The summed E-state index contributed by atoms with van der Waals surface area (Å²) in [5.41, 5.74) is 3.63. The average Bonchev–Trinajstić information content (AvgIpc) is 2.98. The molecule has 0 bridgehead atoms. The van der Waals surface area contributed by atoms with Gasteiger partial charge in [0.15, 0.2) is 0 Å². The van der Waals surface area contributed by atoms with Gasteiger partial charge in [0.2, 0.25) is 0 Å². The first-order valence-electron chi connectivity index (χ1n) is 7.54. The number of allylic oxidation sites excluding steroid dienone is 1. The van der Waals surface area contributed by atoms with E-state index in [4.69, 9.17) is 0 Å². The Hall–Kier alpha value is -2.90. The van der Waals surface area contributed by atoms with Crippen molar-refractivity contribution < 1.29 is 5.11 Å². The lowest BCUT2D eigenvalue weighted by Gasteiger charge is -2.05. The Kier molecular flexibility index (Phi) is 4.45. The van der Waals surface area contributed by atoms with Crippen LogP contribution < -0.4 is 0 Å². The Morgan fingerprint density at radius 2 is 1.71 bits per heavy atom. The minimum Gasteiger partial charge on any atom is -0.506 e. The average molecular weight is 332 g/mol. The molecular weight excluding hydrogens is 316 g/mol. The topological polar surface area (TPSA) is 56.9 Å². The molecule has 0 atom stereocenters. The lowest BCUT2D eigenvalue weighted by Crippen LogP contribution is -1.92. The number of aliphatic hydroxyl groups is 1. The normalized spacial score (nSPS) is 11.7. The first-order valence-corrected chi connectivity index (χ1v) is 8.36. The summed E-state index contributed by atoms with van der Waals surface area (Å²) >= 11 is 1.42. The molecule has 0 amide bonds. The molecule has 0 saturated heterocycles. The highest BCUT2D eigenvalue weighted by Crippen LogP contribution is 2.33. The summed E-state index contributed by atoms with van der Waals surface area (Å²) in [6.07, 6.45) is 0. The molecule has 0 saturated carbocycles. The summed E-state index contributed by atoms with van der Waals surface area (Å²) in [5.74, 6) is -0.0241. The van der Waals surface area contributed by atoms with Crippen molar-refractivity contribution in [2.45, 2.75) is 13.8 Å². The summed E-state index contributed by atoms with van der Waals surface area (Å²) in [5, 5.41) is 20.7. The van der Waals surface area contributed by atoms with E-state index in [0.29, 0.717) is 10.6 Å². The zero-order valence-electron chi connectivity index (χ0n) is 13.4. The fourth-order valence-electron chi connectivity index (χ4n) is 2.54. The van der Waals surface area contributed by atoms with Gasteiger partial charge in [-0.25, -0.2) is 4.98 Å². The Balaban J connectivity index is 2.12. The van der Waals surface area contributed by atoms with Crippen LogP contribution in [0.2, 0.25) is 0 Å². The molecule has 1 heterocycles. The monoisotopic (exact) mass is 332 g/mol. The molecule has 2 aromatic carbocycles. The maximum atomic E-state index is 10.6. The lowest BCUT2D eigenvalue weighted by molar-refractivity contribution is 0.513. The van der Waals surface area contributed by atoms with Crippen LogP contribution in [0.3, 0.4) is 0 Å². The first kappa shape index (κ1) is 16.0. The maximum absolute atomic E-state index is 10.6. The van der Waals surface area contributed by atoms with Crippen LogP contribution in [0.25, 0.3) is 22.6 Å². The number of nitrogens with zero attached hydrogens (tertiary/aromatic N) is 2. The molecule has 1 N–H and O–H groups in total. The van der Waals surface area contributed by atoms with Gasteiger partial charge in [-0.15, -0.1) is 11.3 Å². The van der Waals surface area contributed by atoms with E-state index in [1.807, 2.05) is 62.4 Å². The predicted molar refractivity (Wildman–Crippen MR) is 98.5 cm³/mol. The van der Waals surface area contributed by atoms with Crippen molar-refractivity contribution in [3.8, 4) is 17.3 Å². The Labute approximate surface area is 145 Å². The van der Waals surface area contributed by atoms with Gasteiger partial charge in [-0.05, 0) is 19.4 Å². The number of aromatic nitrogens is 1. The zero-order chi connectivity index (χ0) is 17.1. The van der Waals surface area contributed by atoms with Gasteiger partial charge in [0.05, 0.1) is 5.69 Å². The van der Waals surface area contributed by atoms with Gasteiger partial charge < -0.3 is 5.11 Å². The highest BCUT2D eigenvalue weighted by Gasteiger charge is 2.18. The lowest BCUT2D eigenvalue weighted by atomic mass is 10.0. The second kappa shape index (κ2) is 6.69. The summed E-state index contributed by atoms with van der Waals surface area (Å²) in [4.78, 5) is 5.62. The molecule has 24 heavy (non-hydrogen) atoms. The highest BCUT2D eigenvalue weighted by molar-refractivity contribution is 7.13. The van der Waals surface area contributed by atoms with Gasteiger partial charge >= 0.3 is 0 Å². The number of benzene rings is 2. The molecule has 1 aromatic heterocycles. The maximum Gasteiger partial charge on any atom is 0.143 e. The van der Waals surface area contributed by atoms with Gasteiger partial charge in [-0.1, -0.05) is 54.6 Å². The standard InChI is InChI=1S/C20H16N2OS/c1-13-8-6-7-11-16(13)19(23)17(12-21)20-22-18(14(2)24-20)15-9-4-3-5-10-15/h3-11,23H,1-2H3/b19-17-. The minimum absolute atomic E-state index is 0.0241. The van der Waals surface area contributed by atoms with Gasteiger partial charge in [-0.3, -0.25) is 0 Å². The van der Waals surface area contributed by atoms with Crippen LogP contribution in [0.4, 0.5) is 0 Å². The third kappa shape index (κ3) is 2.94. The van der Waals surface area contributed by atoms with Crippen molar-refractivity contribution in [1.82, 2.24) is 4.98 Å². The quantitative estimate of drug-likeness (QED) is 0.517. The van der Waals surface area contributed by atoms with Crippen LogP contribution in [0, 0.1) is 25.2 Å². The molecular formula is C20H16N2OS. The SMILES string of the molecule is Cc1ccccc1/C(O)=C(\C#N)c1nc(-c2ccccc2)c(C)s1. The number of nitriles is 1. The van der Waals surface area contributed by atoms with Crippen molar-refractivity contribution in [3.63, 3.8) is 0 Å². The van der Waals surface area contributed by atoms with Crippen LogP contribution in [-0.2, 0) is 0 Å². The molecule has 0 radical (unpaired) electrons. The molecule has 0 aliphatic heterocycles. The van der Waals surface area contributed by atoms with E-state index < -0.39 is 0 Å². The zero-order valence-corrected chi connectivity index (χ0v) is 14.3. The Morgan fingerprint density at radius 3 is 2.38 bits per heavy atom.